The number of morpholine rings is 1. The molecule has 2 aliphatic heterocycles. The first-order chi connectivity index (χ1) is 17.8. The number of pyridine rings is 1. The van der Waals surface area contributed by atoms with Crippen molar-refractivity contribution in [1.82, 2.24) is 9.47 Å². The van der Waals surface area contributed by atoms with Crippen molar-refractivity contribution in [1.29, 1.82) is 0 Å². The van der Waals surface area contributed by atoms with Gasteiger partial charge in [-0.3, -0.25) is 9.69 Å². The summed E-state index contributed by atoms with van der Waals surface area (Å²) in [7, 11) is 1.90. The number of hydrogen-bond donors (Lipinski definition) is 3. The van der Waals surface area contributed by atoms with E-state index in [0.717, 1.165) is 49.1 Å². The van der Waals surface area contributed by atoms with Gasteiger partial charge in [-0.15, -0.1) is 0 Å². The fraction of sp³-hybridized carbons (Fsp3) is 0.414. The molecule has 0 spiro atoms. The number of aromatic nitrogens is 1. The summed E-state index contributed by atoms with van der Waals surface area (Å²) in [4.78, 5) is 16.4. The van der Waals surface area contributed by atoms with E-state index in [-0.39, 0.29) is 5.43 Å². The fourth-order valence-corrected chi connectivity index (χ4v) is 5.75. The van der Waals surface area contributed by atoms with Crippen molar-refractivity contribution in [3.8, 4) is 5.75 Å². The summed E-state index contributed by atoms with van der Waals surface area (Å²) >= 11 is 0. The van der Waals surface area contributed by atoms with Crippen LogP contribution in [0.25, 0.3) is 32.6 Å². The van der Waals surface area contributed by atoms with Gasteiger partial charge < -0.3 is 29.6 Å². The Hall–Kier alpha value is -3.17. The lowest BCUT2D eigenvalue weighted by Gasteiger charge is -2.41. The van der Waals surface area contributed by atoms with Crippen molar-refractivity contribution in [2.75, 3.05) is 44.7 Å². The third-order valence-electron chi connectivity index (χ3n) is 7.86. The van der Waals surface area contributed by atoms with Crippen LogP contribution >= 0.6 is 0 Å². The maximum absolute atomic E-state index is 14.1. The van der Waals surface area contributed by atoms with Gasteiger partial charge in [0.2, 0.25) is 0 Å². The van der Waals surface area contributed by atoms with Gasteiger partial charge in [0.15, 0.2) is 5.43 Å². The van der Waals surface area contributed by atoms with E-state index in [1.165, 1.54) is 0 Å². The largest absolute Gasteiger partial charge is 0.484 e. The lowest BCUT2D eigenvalue weighted by atomic mass is 9.86. The molecule has 0 amide bonds. The Balaban J connectivity index is 1.58. The van der Waals surface area contributed by atoms with Gasteiger partial charge in [-0.05, 0) is 36.8 Å². The van der Waals surface area contributed by atoms with Crippen molar-refractivity contribution >= 4 is 38.3 Å². The zero-order chi connectivity index (χ0) is 25.9. The molecular formula is C29H33N3O5. The van der Waals surface area contributed by atoms with E-state index in [4.69, 9.17) is 9.47 Å². The summed E-state index contributed by atoms with van der Waals surface area (Å²) < 4.78 is 13.6. The minimum Gasteiger partial charge on any atom is -0.484 e. The average Bonchev–Trinajstić information content (AvgIpc) is 2.89. The van der Waals surface area contributed by atoms with Crippen LogP contribution in [-0.2, 0) is 11.8 Å². The third-order valence-corrected chi connectivity index (χ3v) is 7.86. The quantitative estimate of drug-likeness (QED) is 0.368. The Labute approximate surface area is 215 Å². The Morgan fingerprint density at radius 2 is 1.78 bits per heavy atom. The van der Waals surface area contributed by atoms with Crippen LogP contribution < -0.4 is 15.5 Å². The molecular weight excluding hydrogens is 470 g/mol. The number of hydrogen-bond acceptors (Lipinski definition) is 7. The second-order valence-electron chi connectivity index (χ2n) is 10.6. The summed E-state index contributed by atoms with van der Waals surface area (Å²) in [6.07, 6.45) is -2.35. The van der Waals surface area contributed by atoms with E-state index < -0.39 is 17.8 Å². The van der Waals surface area contributed by atoms with Gasteiger partial charge in [-0.25, -0.2) is 0 Å². The highest BCUT2D eigenvalue weighted by molar-refractivity contribution is 6.06. The van der Waals surface area contributed by atoms with Crippen LogP contribution in [0.15, 0.2) is 47.3 Å². The van der Waals surface area contributed by atoms with Gasteiger partial charge in [0, 0.05) is 50.2 Å². The zero-order valence-corrected chi connectivity index (χ0v) is 21.5. The molecule has 0 radical (unpaired) electrons. The number of aryl methyl sites for hydroxylation is 1. The molecule has 3 heterocycles. The SMILES string of the molecule is Cn1c2cc3ccccc3cc2c(=O)c2c(NCCN3CCOCC3)cc3c(c21)[C@@H](O)[C@@H](O)C(C)(C)O3. The molecule has 1 saturated heterocycles. The number of nitrogens with zero attached hydrogens (tertiary/aromatic N) is 2. The number of nitrogens with one attached hydrogen (secondary N) is 1. The highest BCUT2D eigenvalue weighted by atomic mass is 16.5. The molecule has 2 atom stereocenters. The van der Waals surface area contributed by atoms with Gasteiger partial charge in [-0.1, -0.05) is 24.3 Å². The van der Waals surface area contributed by atoms with Gasteiger partial charge in [-0.2, -0.15) is 0 Å². The number of benzene rings is 3. The highest BCUT2D eigenvalue weighted by Gasteiger charge is 2.44. The highest BCUT2D eigenvalue weighted by Crippen LogP contribution is 2.46. The molecule has 0 saturated carbocycles. The van der Waals surface area contributed by atoms with Gasteiger partial charge in [0.25, 0.3) is 0 Å². The van der Waals surface area contributed by atoms with Crippen LogP contribution in [0, 0.1) is 0 Å². The summed E-state index contributed by atoms with van der Waals surface area (Å²) in [5.74, 6) is 0.472. The zero-order valence-electron chi connectivity index (χ0n) is 21.5. The van der Waals surface area contributed by atoms with Crippen LogP contribution in [-0.4, -0.2) is 70.8 Å². The van der Waals surface area contributed by atoms with E-state index >= 15 is 0 Å². The lowest BCUT2D eigenvalue weighted by molar-refractivity contribution is -0.111. The monoisotopic (exact) mass is 503 g/mol. The topological polar surface area (TPSA) is 96.2 Å². The Morgan fingerprint density at radius 3 is 2.51 bits per heavy atom. The van der Waals surface area contributed by atoms with Crippen LogP contribution in [0.1, 0.15) is 25.5 Å². The molecule has 37 heavy (non-hydrogen) atoms. The molecule has 6 rings (SSSR count). The second-order valence-corrected chi connectivity index (χ2v) is 10.6. The molecule has 4 aromatic rings. The molecule has 0 bridgehead atoms. The smallest absolute Gasteiger partial charge is 0.199 e. The molecule has 0 aliphatic carbocycles. The van der Waals surface area contributed by atoms with Crippen LogP contribution in [0.5, 0.6) is 5.75 Å². The minimum absolute atomic E-state index is 0.114. The van der Waals surface area contributed by atoms with Crippen molar-refractivity contribution in [2.24, 2.45) is 7.05 Å². The summed E-state index contributed by atoms with van der Waals surface area (Å²) in [5.41, 5.74) is 1.33. The van der Waals surface area contributed by atoms with Gasteiger partial charge in [0.05, 0.1) is 35.3 Å². The maximum atomic E-state index is 14.1. The molecule has 2 aliphatic rings. The predicted molar refractivity (Wildman–Crippen MR) is 146 cm³/mol. The number of aliphatic hydroxyl groups excluding tert-OH is 2. The molecule has 1 aromatic heterocycles. The lowest BCUT2D eigenvalue weighted by Crippen LogP contribution is -2.49. The number of rotatable bonds is 4. The molecule has 3 N–H and O–H groups in total. The molecule has 3 aromatic carbocycles. The first-order valence-corrected chi connectivity index (χ1v) is 12.9. The Morgan fingerprint density at radius 1 is 1.08 bits per heavy atom. The van der Waals surface area contributed by atoms with Crippen LogP contribution in [0.2, 0.25) is 0 Å². The van der Waals surface area contributed by atoms with Crippen molar-refractivity contribution in [2.45, 2.75) is 31.7 Å². The van der Waals surface area contributed by atoms with Gasteiger partial charge in [0.1, 0.15) is 23.6 Å². The number of anilines is 1. The number of ether oxygens (including phenoxy) is 2. The molecule has 194 valence electrons. The Bertz CT molecular complexity index is 1570. The summed E-state index contributed by atoms with van der Waals surface area (Å²) in [6, 6.07) is 13.7. The van der Waals surface area contributed by atoms with E-state index in [0.29, 0.717) is 39.8 Å². The first kappa shape index (κ1) is 24.2. The second kappa shape index (κ2) is 8.99. The van der Waals surface area contributed by atoms with Crippen molar-refractivity contribution < 1.29 is 19.7 Å². The molecule has 8 nitrogen and oxygen atoms in total. The van der Waals surface area contributed by atoms with E-state index in [1.807, 2.05) is 54.1 Å². The molecule has 1 fully saturated rings. The van der Waals surface area contributed by atoms with E-state index in [9.17, 15) is 15.0 Å². The van der Waals surface area contributed by atoms with Crippen LogP contribution in [0.3, 0.4) is 0 Å². The predicted octanol–water partition coefficient (Wildman–Crippen LogP) is 3.15. The first-order valence-electron chi connectivity index (χ1n) is 12.9. The number of aliphatic hydroxyl groups is 2. The van der Waals surface area contributed by atoms with E-state index in [1.54, 1.807) is 13.8 Å². The van der Waals surface area contributed by atoms with E-state index in [2.05, 4.69) is 10.2 Å². The van der Waals surface area contributed by atoms with Crippen LogP contribution in [0.4, 0.5) is 5.69 Å². The average molecular weight is 504 g/mol. The Kier molecular flexibility index (Phi) is 5.88. The maximum Gasteiger partial charge on any atom is 0.199 e. The normalized spacial score (nSPS) is 21.8. The third kappa shape index (κ3) is 3.95. The standard InChI is InChI=1S/C29H33N3O5/c1-29(2)28(35)27(34)24-22(37-29)16-20(30-8-9-32-10-12-36-13-11-32)23-25(24)31(3)21-15-18-7-5-4-6-17(18)14-19(21)26(23)33/h4-7,14-16,27-28,30,34-35H,8-13H2,1-3H3/t27-,28-/m1/s1. The summed E-state index contributed by atoms with van der Waals surface area (Å²) in [5, 5.41) is 28.8. The minimum atomic E-state index is -1.20. The van der Waals surface area contributed by atoms with Gasteiger partial charge >= 0.3 is 0 Å². The summed E-state index contributed by atoms with van der Waals surface area (Å²) in [6.45, 7) is 8.18. The molecule has 8 heteroatoms. The number of fused-ring (bicyclic) bond motifs is 5. The van der Waals surface area contributed by atoms with Crippen molar-refractivity contribution in [3.63, 3.8) is 0 Å². The fourth-order valence-electron chi connectivity index (χ4n) is 5.75. The van der Waals surface area contributed by atoms with Crippen molar-refractivity contribution in [3.05, 3.63) is 58.3 Å². The molecule has 0 unspecified atom stereocenters.